The van der Waals surface area contributed by atoms with E-state index in [1.807, 2.05) is 18.7 Å². The lowest BCUT2D eigenvalue weighted by atomic mass is 9.45. The van der Waals surface area contributed by atoms with Crippen molar-refractivity contribution in [3.05, 3.63) is 30.9 Å². The van der Waals surface area contributed by atoms with E-state index in [4.69, 9.17) is 4.74 Å². The van der Waals surface area contributed by atoms with Crippen LogP contribution in [0.15, 0.2) is 30.9 Å². The van der Waals surface area contributed by atoms with Crippen LogP contribution < -0.4 is 0 Å². The van der Waals surface area contributed by atoms with Crippen molar-refractivity contribution in [3.8, 4) is 0 Å². The van der Waals surface area contributed by atoms with Gasteiger partial charge in [-0.3, -0.25) is 0 Å². The van der Waals surface area contributed by atoms with Crippen molar-refractivity contribution >= 4 is 0 Å². The highest BCUT2D eigenvalue weighted by molar-refractivity contribution is 5.21. The second-order valence-corrected chi connectivity index (χ2v) is 10.8. The highest BCUT2D eigenvalue weighted by Gasteiger charge is 2.58. The maximum Gasteiger partial charge on any atom is 0.0946 e. The zero-order chi connectivity index (χ0) is 19.4. The molecule has 3 heteroatoms. The van der Waals surface area contributed by atoms with E-state index in [0.29, 0.717) is 16.9 Å². The van der Waals surface area contributed by atoms with E-state index in [1.165, 1.54) is 57.8 Å². The van der Waals surface area contributed by atoms with Crippen molar-refractivity contribution in [2.45, 2.75) is 84.3 Å². The van der Waals surface area contributed by atoms with Crippen molar-refractivity contribution in [2.75, 3.05) is 6.61 Å². The molecule has 7 atom stereocenters. The average Bonchev–Trinajstić information content (AvgIpc) is 3.30. The summed E-state index contributed by atoms with van der Waals surface area (Å²) in [7, 11) is 0. The van der Waals surface area contributed by atoms with Gasteiger partial charge in [-0.05, 0) is 92.3 Å². The van der Waals surface area contributed by atoms with Crippen LogP contribution in [0.1, 0.15) is 71.6 Å². The van der Waals surface area contributed by atoms with Crippen LogP contribution >= 0.6 is 0 Å². The number of hydrogen-bond acceptors (Lipinski definition) is 2. The van der Waals surface area contributed by atoms with Gasteiger partial charge in [-0.2, -0.15) is 0 Å². The maximum atomic E-state index is 6.33. The van der Waals surface area contributed by atoms with Crippen LogP contribution in [0.2, 0.25) is 0 Å². The number of hydrogen-bond donors (Lipinski definition) is 0. The molecule has 0 N–H and O–H groups in total. The minimum atomic E-state index is 0.456. The normalized spacial score (nSPS) is 45.4. The first-order valence-electron chi connectivity index (χ1n) is 11.8. The smallest absolute Gasteiger partial charge is 0.0946 e. The summed E-state index contributed by atoms with van der Waals surface area (Å²) in [6, 6.07) is 0. The van der Waals surface area contributed by atoms with Crippen LogP contribution in [0.5, 0.6) is 0 Å². The Morgan fingerprint density at radius 3 is 2.86 bits per heavy atom. The first kappa shape index (κ1) is 18.9. The monoisotopic (exact) mass is 382 g/mol. The van der Waals surface area contributed by atoms with E-state index < -0.39 is 0 Å². The predicted molar refractivity (Wildman–Crippen MR) is 113 cm³/mol. The minimum absolute atomic E-state index is 0.456. The standard InChI is InChI=1S/C25H38N2O/c1-18-4-7-22-21-6-5-19-16-20(28-15-14-27-13-12-26-17-27)8-10-25(19,3)23(21)9-11-24(18,22)2/h12-13,17,19-23H,1,4-11,14-16H2,2-3H3/t19?,20-,21?,22?,23?,24+,25-/m0/s1. The van der Waals surface area contributed by atoms with Gasteiger partial charge in [0.05, 0.1) is 19.0 Å². The van der Waals surface area contributed by atoms with Gasteiger partial charge in [0.2, 0.25) is 0 Å². The van der Waals surface area contributed by atoms with Crippen LogP contribution in [-0.2, 0) is 11.3 Å². The largest absolute Gasteiger partial charge is 0.376 e. The number of nitrogens with zero attached hydrogens (tertiary/aromatic N) is 2. The van der Waals surface area contributed by atoms with Gasteiger partial charge in [0, 0.05) is 18.9 Å². The molecule has 4 fully saturated rings. The highest BCUT2D eigenvalue weighted by Crippen LogP contribution is 2.67. The van der Waals surface area contributed by atoms with E-state index in [9.17, 15) is 0 Å². The highest BCUT2D eigenvalue weighted by atomic mass is 16.5. The number of fused-ring (bicyclic) bond motifs is 5. The Hall–Kier alpha value is -1.09. The van der Waals surface area contributed by atoms with Crippen molar-refractivity contribution in [1.82, 2.24) is 9.55 Å². The molecule has 0 aliphatic heterocycles. The van der Waals surface area contributed by atoms with Crippen molar-refractivity contribution in [1.29, 1.82) is 0 Å². The Balaban J connectivity index is 1.23. The summed E-state index contributed by atoms with van der Waals surface area (Å²) in [6.07, 6.45) is 18.6. The summed E-state index contributed by atoms with van der Waals surface area (Å²) in [4.78, 5) is 4.12. The molecule has 0 spiro atoms. The summed E-state index contributed by atoms with van der Waals surface area (Å²) >= 11 is 0. The van der Waals surface area contributed by atoms with E-state index in [0.717, 1.165) is 36.8 Å². The van der Waals surface area contributed by atoms with E-state index in [2.05, 4.69) is 30.0 Å². The summed E-state index contributed by atoms with van der Waals surface area (Å²) in [5, 5.41) is 0. The molecule has 0 aromatic carbocycles. The molecule has 28 heavy (non-hydrogen) atoms. The molecular weight excluding hydrogens is 344 g/mol. The third-order valence-electron chi connectivity index (χ3n) is 9.83. The third kappa shape index (κ3) is 2.91. The molecule has 1 heterocycles. The first-order chi connectivity index (χ1) is 13.5. The third-order valence-corrected chi connectivity index (χ3v) is 9.83. The van der Waals surface area contributed by atoms with Crippen LogP contribution in [0.25, 0.3) is 0 Å². The van der Waals surface area contributed by atoms with Gasteiger partial charge in [0.15, 0.2) is 0 Å². The predicted octanol–water partition coefficient (Wildman–Crippen LogP) is 5.87. The zero-order valence-electron chi connectivity index (χ0n) is 17.9. The Labute approximate surface area is 170 Å². The molecule has 1 aromatic rings. The topological polar surface area (TPSA) is 27.1 Å². The first-order valence-corrected chi connectivity index (χ1v) is 11.8. The van der Waals surface area contributed by atoms with Gasteiger partial charge in [-0.1, -0.05) is 26.0 Å². The number of rotatable bonds is 4. The van der Waals surface area contributed by atoms with Crippen molar-refractivity contribution in [2.24, 2.45) is 34.5 Å². The number of ether oxygens (including phenoxy) is 1. The molecule has 4 aliphatic carbocycles. The fraction of sp³-hybridized carbons (Fsp3) is 0.800. The average molecular weight is 383 g/mol. The van der Waals surface area contributed by atoms with Crippen molar-refractivity contribution < 1.29 is 4.74 Å². The molecule has 0 amide bonds. The van der Waals surface area contributed by atoms with Crippen LogP contribution in [0, 0.1) is 34.5 Å². The lowest BCUT2D eigenvalue weighted by Gasteiger charge is -2.60. The number of allylic oxidation sites excluding steroid dienone is 1. The zero-order valence-corrected chi connectivity index (χ0v) is 17.9. The second kappa shape index (κ2) is 7.00. The Morgan fingerprint density at radius 1 is 1.14 bits per heavy atom. The van der Waals surface area contributed by atoms with Crippen LogP contribution in [0.3, 0.4) is 0 Å². The van der Waals surface area contributed by atoms with Crippen molar-refractivity contribution in [3.63, 3.8) is 0 Å². The van der Waals surface area contributed by atoms with Gasteiger partial charge >= 0.3 is 0 Å². The quantitative estimate of drug-likeness (QED) is 0.609. The maximum absolute atomic E-state index is 6.33. The molecular formula is C25H38N2O. The van der Waals surface area contributed by atoms with Crippen LogP contribution in [0.4, 0.5) is 0 Å². The van der Waals surface area contributed by atoms with E-state index in [1.54, 1.807) is 5.57 Å². The SMILES string of the molecule is C=C1CCC2C3CCC4C[C@@H](OCCn5ccnc5)CC[C@]4(C)C3CC[C@]12C. The lowest BCUT2D eigenvalue weighted by molar-refractivity contribution is -0.126. The Bertz CT molecular complexity index is 712. The molecule has 5 rings (SSSR count). The molecule has 0 radical (unpaired) electrons. The Kier molecular flexibility index (Phi) is 4.73. The van der Waals surface area contributed by atoms with Gasteiger partial charge in [-0.15, -0.1) is 0 Å². The van der Waals surface area contributed by atoms with Gasteiger partial charge in [0.25, 0.3) is 0 Å². The Morgan fingerprint density at radius 2 is 2.04 bits per heavy atom. The van der Waals surface area contributed by atoms with Gasteiger partial charge < -0.3 is 9.30 Å². The molecule has 1 aromatic heterocycles. The fourth-order valence-electron chi connectivity index (χ4n) is 8.02. The fourth-order valence-corrected chi connectivity index (χ4v) is 8.02. The molecule has 4 saturated carbocycles. The van der Waals surface area contributed by atoms with Crippen LogP contribution in [-0.4, -0.2) is 22.3 Å². The summed E-state index contributed by atoms with van der Waals surface area (Å²) in [5.41, 5.74) is 2.58. The summed E-state index contributed by atoms with van der Waals surface area (Å²) in [6.45, 7) is 11.4. The number of aromatic nitrogens is 2. The molecule has 0 saturated heterocycles. The summed E-state index contributed by atoms with van der Waals surface area (Å²) < 4.78 is 8.44. The minimum Gasteiger partial charge on any atom is -0.376 e. The van der Waals surface area contributed by atoms with Gasteiger partial charge in [0.1, 0.15) is 0 Å². The molecule has 154 valence electrons. The van der Waals surface area contributed by atoms with E-state index in [-0.39, 0.29) is 0 Å². The second-order valence-electron chi connectivity index (χ2n) is 10.8. The molecule has 4 aliphatic rings. The summed E-state index contributed by atoms with van der Waals surface area (Å²) in [5.74, 6) is 3.69. The van der Waals surface area contributed by atoms with E-state index >= 15 is 0 Å². The molecule has 3 nitrogen and oxygen atoms in total. The molecule has 0 bridgehead atoms. The lowest BCUT2D eigenvalue weighted by Crippen LogP contribution is -2.53. The number of imidazole rings is 1. The molecule has 4 unspecified atom stereocenters. The van der Waals surface area contributed by atoms with Gasteiger partial charge in [-0.25, -0.2) is 4.98 Å².